The maximum atomic E-state index is 14.0. The molecule has 6 heteroatoms. The molecule has 0 amide bonds. The maximum absolute atomic E-state index is 14.0. The summed E-state index contributed by atoms with van der Waals surface area (Å²) in [5.74, 6) is 0.198. The lowest BCUT2D eigenvalue weighted by atomic mass is 10.1. The Morgan fingerprint density at radius 3 is 2.58 bits per heavy atom. The number of nitrogens with zero attached hydrogens (tertiary/aromatic N) is 2. The molecular formula is C13H16FN3O2. The van der Waals surface area contributed by atoms with Crippen LogP contribution in [0.15, 0.2) is 18.2 Å². The Morgan fingerprint density at radius 2 is 2.05 bits per heavy atom. The molecule has 0 aliphatic rings. The molecule has 1 heterocycles. The Labute approximate surface area is 110 Å². The van der Waals surface area contributed by atoms with Crippen molar-refractivity contribution in [1.82, 2.24) is 9.78 Å². The smallest absolute Gasteiger partial charge is 0.166 e. The number of nitrogens with two attached hydrogens (primary N) is 1. The molecule has 1 aromatic carbocycles. The number of anilines is 1. The molecule has 19 heavy (non-hydrogen) atoms. The molecule has 2 aromatic rings. The molecule has 102 valence electrons. The summed E-state index contributed by atoms with van der Waals surface area (Å²) in [5, 5.41) is 4.24. The second-order valence-electron chi connectivity index (χ2n) is 4.17. The third-order valence-electron chi connectivity index (χ3n) is 2.81. The van der Waals surface area contributed by atoms with E-state index >= 15 is 0 Å². The van der Waals surface area contributed by atoms with Crippen LogP contribution < -0.4 is 10.5 Å². The van der Waals surface area contributed by atoms with Gasteiger partial charge in [0.1, 0.15) is 5.82 Å². The fraction of sp³-hybridized carbons (Fsp3) is 0.308. The fourth-order valence-electron chi connectivity index (χ4n) is 1.91. The minimum absolute atomic E-state index is 0.151. The Kier molecular flexibility index (Phi) is 3.71. The SMILES string of the molecule is COCc1cc(F)c(OC)c(-c2cc(N)n(C)n2)c1. The average molecular weight is 265 g/mol. The van der Waals surface area contributed by atoms with E-state index in [1.807, 2.05) is 0 Å². The first-order valence-electron chi connectivity index (χ1n) is 5.72. The van der Waals surface area contributed by atoms with E-state index in [2.05, 4.69) is 5.10 Å². The Bertz CT molecular complexity index is 576. The number of rotatable bonds is 4. The van der Waals surface area contributed by atoms with Crippen molar-refractivity contribution >= 4 is 5.82 Å². The first-order chi connectivity index (χ1) is 9.06. The molecule has 0 atom stereocenters. The van der Waals surface area contributed by atoms with Gasteiger partial charge in [0.2, 0.25) is 0 Å². The van der Waals surface area contributed by atoms with Crippen molar-refractivity contribution in [3.63, 3.8) is 0 Å². The van der Waals surface area contributed by atoms with Gasteiger partial charge >= 0.3 is 0 Å². The molecule has 0 radical (unpaired) electrons. The lowest BCUT2D eigenvalue weighted by Crippen LogP contribution is -1.98. The molecule has 0 spiro atoms. The molecule has 5 nitrogen and oxygen atoms in total. The number of hydrogen-bond donors (Lipinski definition) is 1. The molecule has 0 saturated carbocycles. The van der Waals surface area contributed by atoms with Crippen LogP contribution in [0.4, 0.5) is 10.2 Å². The van der Waals surface area contributed by atoms with Crippen molar-refractivity contribution < 1.29 is 13.9 Å². The van der Waals surface area contributed by atoms with E-state index in [1.54, 1.807) is 26.3 Å². The van der Waals surface area contributed by atoms with Gasteiger partial charge in [-0.05, 0) is 17.7 Å². The van der Waals surface area contributed by atoms with Crippen LogP contribution in [-0.4, -0.2) is 24.0 Å². The second kappa shape index (κ2) is 5.27. The number of aromatic nitrogens is 2. The molecular weight excluding hydrogens is 249 g/mol. The summed E-state index contributed by atoms with van der Waals surface area (Å²) in [5.41, 5.74) is 7.57. The Balaban J connectivity index is 2.58. The van der Waals surface area contributed by atoms with E-state index in [9.17, 15) is 4.39 Å². The van der Waals surface area contributed by atoms with Gasteiger partial charge in [-0.1, -0.05) is 0 Å². The summed E-state index contributed by atoms with van der Waals surface area (Å²) in [4.78, 5) is 0. The summed E-state index contributed by atoms with van der Waals surface area (Å²) >= 11 is 0. The molecule has 2 N–H and O–H groups in total. The predicted octanol–water partition coefficient (Wildman–Crippen LogP) is 1.96. The van der Waals surface area contributed by atoms with Crippen LogP contribution in [0, 0.1) is 5.82 Å². The van der Waals surface area contributed by atoms with Crippen molar-refractivity contribution in [2.45, 2.75) is 6.61 Å². The molecule has 0 aliphatic heterocycles. The summed E-state index contributed by atoms with van der Waals surface area (Å²) < 4.78 is 25.6. The summed E-state index contributed by atoms with van der Waals surface area (Å²) in [6.45, 7) is 0.316. The summed E-state index contributed by atoms with van der Waals surface area (Å²) in [6.07, 6.45) is 0. The quantitative estimate of drug-likeness (QED) is 0.918. The highest BCUT2D eigenvalue weighted by molar-refractivity contribution is 5.70. The van der Waals surface area contributed by atoms with E-state index in [0.717, 1.165) is 0 Å². The van der Waals surface area contributed by atoms with Crippen LogP contribution in [0.5, 0.6) is 5.75 Å². The molecule has 0 unspecified atom stereocenters. The third-order valence-corrected chi connectivity index (χ3v) is 2.81. The Hall–Kier alpha value is -2.08. The van der Waals surface area contributed by atoms with Crippen molar-refractivity contribution in [1.29, 1.82) is 0 Å². The van der Waals surface area contributed by atoms with Crippen molar-refractivity contribution in [3.05, 3.63) is 29.6 Å². The first kappa shape index (κ1) is 13.4. The van der Waals surface area contributed by atoms with Crippen LogP contribution >= 0.6 is 0 Å². The second-order valence-corrected chi connectivity index (χ2v) is 4.17. The summed E-state index contributed by atoms with van der Waals surface area (Å²) in [7, 11) is 4.70. The molecule has 0 saturated heterocycles. The lowest BCUT2D eigenvalue weighted by Gasteiger charge is -2.10. The van der Waals surface area contributed by atoms with E-state index in [-0.39, 0.29) is 5.75 Å². The van der Waals surface area contributed by atoms with Crippen LogP contribution in [0.2, 0.25) is 0 Å². The zero-order valence-electron chi connectivity index (χ0n) is 11.1. The van der Waals surface area contributed by atoms with Crippen molar-refractivity contribution in [2.24, 2.45) is 7.05 Å². The molecule has 0 aliphatic carbocycles. The number of aryl methyl sites for hydroxylation is 1. The minimum Gasteiger partial charge on any atom is -0.493 e. The molecule has 0 bridgehead atoms. The molecule has 0 fully saturated rings. The first-order valence-corrected chi connectivity index (χ1v) is 5.72. The number of benzene rings is 1. The van der Waals surface area contributed by atoms with Gasteiger partial charge in [-0.3, -0.25) is 4.68 Å². The number of hydrogen-bond acceptors (Lipinski definition) is 4. The summed E-state index contributed by atoms with van der Waals surface area (Å²) in [6, 6.07) is 4.85. The zero-order valence-corrected chi connectivity index (χ0v) is 11.1. The van der Waals surface area contributed by atoms with Crippen LogP contribution in [0.3, 0.4) is 0 Å². The minimum atomic E-state index is -0.448. The highest BCUT2D eigenvalue weighted by atomic mass is 19.1. The van der Waals surface area contributed by atoms with Crippen LogP contribution in [-0.2, 0) is 18.4 Å². The normalized spacial score (nSPS) is 10.7. The van der Waals surface area contributed by atoms with Gasteiger partial charge in [0.25, 0.3) is 0 Å². The largest absolute Gasteiger partial charge is 0.493 e. The van der Waals surface area contributed by atoms with Crippen molar-refractivity contribution in [3.8, 4) is 17.0 Å². The monoisotopic (exact) mass is 265 g/mol. The standard InChI is InChI=1S/C13H16FN3O2/c1-17-12(15)6-11(16-17)9-4-8(7-18-2)5-10(14)13(9)19-3/h4-6H,7,15H2,1-3H3. The fourth-order valence-corrected chi connectivity index (χ4v) is 1.91. The Morgan fingerprint density at radius 1 is 1.32 bits per heavy atom. The third kappa shape index (κ3) is 2.53. The molecule has 1 aromatic heterocycles. The van der Waals surface area contributed by atoms with Gasteiger partial charge in [0.15, 0.2) is 11.6 Å². The predicted molar refractivity (Wildman–Crippen MR) is 70.3 cm³/mol. The number of halogens is 1. The van der Waals surface area contributed by atoms with Gasteiger partial charge in [-0.25, -0.2) is 4.39 Å². The molecule has 2 rings (SSSR count). The lowest BCUT2D eigenvalue weighted by molar-refractivity contribution is 0.184. The number of ether oxygens (including phenoxy) is 2. The van der Waals surface area contributed by atoms with E-state index in [1.165, 1.54) is 17.9 Å². The highest BCUT2D eigenvalue weighted by Crippen LogP contribution is 2.33. The van der Waals surface area contributed by atoms with E-state index in [0.29, 0.717) is 29.2 Å². The van der Waals surface area contributed by atoms with E-state index in [4.69, 9.17) is 15.2 Å². The topological polar surface area (TPSA) is 62.3 Å². The van der Waals surface area contributed by atoms with E-state index < -0.39 is 5.82 Å². The highest BCUT2D eigenvalue weighted by Gasteiger charge is 2.16. The van der Waals surface area contributed by atoms with Gasteiger partial charge < -0.3 is 15.2 Å². The van der Waals surface area contributed by atoms with Gasteiger partial charge in [0, 0.05) is 25.8 Å². The maximum Gasteiger partial charge on any atom is 0.166 e. The van der Waals surface area contributed by atoms with Crippen LogP contribution in [0.25, 0.3) is 11.3 Å². The number of nitrogen functional groups attached to an aromatic ring is 1. The van der Waals surface area contributed by atoms with Gasteiger partial charge in [-0.2, -0.15) is 5.10 Å². The number of methoxy groups -OCH3 is 2. The average Bonchev–Trinajstić information content (AvgIpc) is 2.69. The van der Waals surface area contributed by atoms with Crippen LogP contribution in [0.1, 0.15) is 5.56 Å². The van der Waals surface area contributed by atoms with Gasteiger partial charge in [0.05, 0.1) is 19.4 Å². The van der Waals surface area contributed by atoms with Crippen molar-refractivity contribution in [2.75, 3.05) is 20.0 Å². The zero-order chi connectivity index (χ0) is 14.0. The van der Waals surface area contributed by atoms with Gasteiger partial charge in [-0.15, -0.1) is 0 Å².